The van der Waals surface area contributed by atoms with E-state index in [2.05, 4.69) is 0 Å². The average Bonchev–Trinajstić information content (AvgIpc) is 3.06. The van der Waals surface area contributed by atoms with E-state index in [1.807, 2.05) is 43.3 Å². The van der Waals surface area contributed by atoms with E-state index < -0.39 is 23.5 Å². The predicted octanol–water partition coefficient (Wildman–Crippen LogP) is 3.97. The number of fused-ring (bicyclic) bond motifs is 1. The molecule has 1 aliphatic rings. The number of aliphatic hydroxyl groups is 1. The van der Waals surface area contributed by atoms with Gasteiger partial charge in [0, 0.05) is 18.7 Å². The molecule has 0 aromatic heterocycles. The molecule has 170 valence electrons. The first-order chi connectivity index (χ1) is 15.8. The highest BCUT2D eigenvalue weighted by Gasteiger charge is 2.45. The van der Waals surface area contributed by atoms with Gasteiger partial charge in [0.2, 0.25) is 0 Å². The quantitative estimate of drug-likeness (QED) is 0.351. The molecule has 0 bridgehead atoms. The number of ketones is 1. The highest BCUT2D eigenvalue weighted by atomic mass is 19.1. The fraction of sp³-hybridized carbons (Fsp3) is 0.231. The number of aliphatic hydroxyl groups excluding tert-OH is 1. The van der Waals surface area contributed by atoms with Gasteiger partial charge in [-0.25, -0.2) is 4.39 Å². The average molecular weight is 448 g/mol. The first-order valence-corrected chi connectivity index (χ1v) is 10.6. The molecular weight excluding hydrogens is 423 g/mol. The Morgan fingerprint density at radius 3 is 2.36 bits per heavy atom. The van der Waals surface area contributed by atoms with Crippen molar-refractivity contribution in [3.63, 3.8) is 0 Å². The summed E-state index contributed by atoms with van der Waals surface area (Å²) in [6, 6.07) is 15.7. The monoisotopic (exact) mass is 448 g/mol. The van der Waals surface area contributed by atoms with Crippen LogP contribution in [0.25, 0.3) is 16.5 Å². The Morgan fingerprint density at radius 1 is 1.03 bits per heavy atom. The standard InChI is InChI=1S/C26H25FN2O4/c1-28(2)12-13-29-23(16-6-9-20(27)10-7-16)22(25(31)26(29)32)24(30)19-5-4-18-15-21(33-3)11-8-17(18)14-19/h4-11,14-15,23,30H,12-13H2,1-3H3/b24-22+. The lowest BCUT2D eigenvalue weighted by Crippen LogP contribution is -2.35. The van der Waals surface area contributed by atoms with Gasteiger partial charge in [-0.15, -0.1) is 0 Å². The third kappa shape index (κ3) is 4.32. The number of amides is 1. The molecule has 0 aliphatic carbocycles. The maximum atomic E-state index is 13.6. The van der Waals surface area contributed by atoms with Gasteiger partial charge >= 0.3 is 0 Å². The molecule has 1 unspecified atom stereocenters. The summed E-state index contributed by atoms with van der Waals surface area (Å²) in [5.74, 6) is -1.40. The van der Waals surface area contributed by atoms with Gasteiger partial charge < -0.3 is 19.6 Å². The number of hydrogen-bond donors (Lipinski definition) is 1. The number of halogens is 1. The van der Waals surface area contributed by atoms with Crippen molar-refractivity contribution in [3.8, 4) is 5.75 Å². The minimum absolute atomic E-state index is 0.00164. The highest BCUT2D eigenvalue weighted by molar-refractivity contribution is 6.46. The van der Waals surface area contributed by atoms with Crippen LogP contribution in [-0.2, 0) is 9.59 Å². The molecule has 1 fully saturated rings. The van der Waals surface area contributed by atoms with E-state index in [-0.39, 0.29) is 17.9 Å². The van der Waals surface area contributed by atoms with Crippen LogP contribution in [0.4, 0.5) is 4.39 Å². The van der Waals surface area contributed by atoms with Crippen molar-refractivity contribution in [2.45, 2.75) is 6.04 Å². The highest BCUT2D eigenvalue weighted by Crippen LogP contribution is 2.39. The van der Waals surface area contributed by atoms with Gasteiger partial charge in [-0.2, -0.15) is 0 Å². The zero-order valence-corrected chi connectivity index (χ0v) is 18.7. The van der Waals surface area contributed by atoms with Crippen LogP contribution >= 0.6 is 0 Å². The van der Waals surface area contributed by atoms with Gasteiger partial charge in [0.15, 0.2) is 0 Å². The van der Waals surface area contributed by atoms with Gasteiger partial charge in [0.1, 0.15) is 17.3 Å². The topological polar surface area (TPSA) is 70.1 Å². The molecule has 0 saturated carbocycles. The van der Waals surface area contributed by atoms with Crippen molar-refractivity contribution in [1.82, 2.24) is 9.80 Å². The van der Waals surface area contributed by atoms with E-state index in [0.29, 0.717) is 23.4 Å². The zero-order chi connectivity index (χ0) is 23.7. The van der Waals surface area contributed by atoms with Crippen LogP contribution in [0.5, 0.6) is 5.75 Å². The van der Waals surface area contributed by atoms with Crippen molar-refractivity contribution in [1.29, 1.82) is 0 Å². The number of Topliss-reactive ketones (excluding diaryl/α,β-unsaturated/α-hetero) is 1. The number of likely N-dealkylation sites (N-methyl/N-ethyl adjacent to an activating group) is 1. The van der Waals surface area contributed by atoms with E-state index >= 15 is 0 Å². The SMILES string of the molecule is COc1ccc2cc(/C(O)=C3\C(=O)C(=O)N(CCN(C)C)C3c3ccc(F)cc3)ccc2c1. The Bertz CT molecular complexity index is 1250. The van der Waals surface area contributed by atoms with Gasteiger partial charge in [0.05, 0.1) is 18.7 Å². The maximum Gasteiger partial charge on any atom is 0.295 e. The Hall–Kier alpha value is -3.71. The largest absolute Gasteiger partial charge is 0.507 e. The van der Waals surface area contributed by atoms with E-state index in [9.17, 15) is 19.1 Å². The van der Waals surface area contributed by atoms with E-state index in [0.717, 1.165) is 10.8 Å². The van der Waals surface area contributed by atoms with Crippen molar-refractivity contribution < 1.29 is 23.8 Å². The van der Waals surface area contributed by atoms with E-state index in [4.69, 9.17) is 4.74 Å². The number of nitrogens with zero attached hydrogens (tertiary/aromatic N) is 2. The number of benzene rings is 3. The van der Waals surface area contributed by atoms with Crippen LogP contribution in [0.1, 0.15) is 17.2 Å². The van der Waals surface area contributed by atoms with Gasteiger partial charge in [0.25, 0.3) is 11.7 Å². The molecule has 1 atom stereocenters. The molecule has 1 heterocycles. The second-order valence-electron chi connectivity index (χ2n) is 8.28. The predicted molar refractivity (Wildman–Crippen MR) is 124 cm³/mol. The van der Waals surface area contributed by atoms with Crippen molar-refractivity contribution in [2.24, 2.45) is 0 Å². The molecule has 1 amide bonds. The van der Waals surface area contributed by atoms with Crippen LogP contribution in [0.3, 0.4) is 0 Å². The summed E-state index contributed by atoms with van der Waals surface area (Å²) in [5, 5.41) is 13.0. The summed E-state index contributed by atoms with van der Waals surface area (Å²) in [6.45, 7) is 0.816. The van der Waals surface area contributed by atoms with Gasteiger partial charge in [-0.05, 0) is 60.8 Å². The Labute approximate surface area is 191 Å². The van der Waals surface area contributed by atoms with Gasteiger partial charge in [-0.3, -0.25) is 9.59 Å². The lowest BCUT2D eigenvalue weighted by Gasteiger charge is -2.26. The summed E-state index contributed by atoms with van der Waals surface area (Å²) in [4.78, 5) is 29.3. The Kier molecular flexibility index (Phi) is 6.16. The van der Waals surface area contributed by atoms with Crippen LogP contribution in [0, 0.1) is 5.82 Å². The lowest BCUT2D eigenvalue weighted by atomic mass is 9.94. The number of hydrogen-bond acceptors (Lipinski definition) is 5. The number of carbonyl (C=O) groups excluding carboxylic acids is 2. The molecule has 1 N–H and O–H groups in total. The lowest BCUT2D eigenvalue weighted by molar-refractivity contribution is -0.140. The first kappa shape index (κ1) is 22.5. The van der Waals surface area contributed by atoms with E-state index in [1.54, 1.807) is 19.2 Å². The second-order valence-corrected chi connectivity index (χ2v) is 8.28. The van der Waals surface area contributed by atoms with Crippen LogP contribution in [0.15, 0.2) is 66.2 Å². The minimum Gasteiger partial charge on any atom is -0.507 e. The number of likely N-dealkylation sites (tertiary alicyclic amines) is 1. The fourth-order valence-electron chi connectivity index (χ4n) is 4.06. The molecular formula is C26H25FN2O4. The van der Waals surface area contributed by atoms with Crippen molar-refractivity contribution >= 4 is 28.2 Å². The number of ether oxygens (including phenoxy) is 1. The van der Waals surface area contributed by atoms with E-state index in [1.165, 1.54) is 29.2 Å². The summed E-state index contributed by atoms with van der Waals surface area (Å²) in [5.41, 5.74) is 0.977. The minimum atomic E-state index is -0.808. The third-order valence-electron chi connectivity index (χ3n) is 5.83. The smallest absolute Gasteiger partial charge is 0.295 e. The van der Waals surface area contributed by atoms with Crippen molar-refractivity contribution in [2.75, 3.05) is 34.3 Å². The molecule has 33 heavy (non-hydrogen) atoms. The maximum absolute atomic E-state index is 13.6. The van der Waals surface area contributed by atoms with Crippen molar-refractivity contribution in [3.05, 3.63) is 83.2 Å². The molecule has 0 spiro atoms. The van der Waals surface area contributed by atoms with Gasteiger partial charge in [-0.1, -0.05) is 30.3 Å². The second kappa shape index (κ2) is 9.03. The van der Waals surface area contributed by atoms with Crippen LogP contribution < -0.4 is 4.74 Å². The fourth-order valence-corrected chi connectivity index (χ4v) is 4.06. The first-order valence-electron chi connectivity index (χ1n) is 10.6. The summed E-state index contributed by atoms with van der Waals surface area (Å²) >= 11 is 0. The van der Waals surface area contributed by atoms with Crippen LogP contribution in [-0.4, -0.2) is 60.9 Å². The molecule has 1 saturated heterocycles. The molecule has 3 aromatic carbocycles. The third-order valence-corrected chi connectivity index (χ3v) is 5.83. The normalized spacial score (nSPS) is 17.8. The molecule has 0 radical (unpaired) electrons. The summed E-state index contributed by atoms with van der Waals surface area (Å²) in [6.07, 6.45) is 0. The summed E-state index contributed by atoms with van der Waals surface area (Å²) < 4.78 is 18.8. The molecule has 3 aromatic rings. The Morgan fingerprint density at radius 2 is 1.70 bits per heavy atom. The zero-order valence-electron chi connectivity index (χ0n) is 18.7. The number of methoxy groups -OCH3 is 1. The van der Waals surface area contributed by atoms with Crippen LogP contribution in [0.2, 0.25) is 0 Å². The summed E-state index contributed by atoms with van der Waals surface area (Å²) in [7, 11) is 5.33. The number of carbonyl (C=O) groups is 2. The molecule has 1 aliphatic heterocycles. The molecule has 6 nitrogen and oxygen atoms in total. The molecule has 7 heteroatoms. The number of rotatable bonds is 6. The Balaban J connectivity index is 1.84. The molecule has 4 rings (SSSR count).